The molecule has 0 aliphatic heterocycles. The standard InChI is InChI=1S/C18H15N5OS/c1-12-3-2-4-15-16(12)21-18(25-15)22-17(24)14-7-5-13(6-8-14)9-23-11-19-10-20-23/h2-8,10-11H,9H2,1H3,(H,21,22,24). The second-order valence-electron chi connectivity index (χ2n) is 5.68. The number of para-hydroxylation sites is 1. The molecule has 2 aromatic carbocycles. The van der Waals surface area contributed by atoms with E-state index in [-0.39, 0.29) is 5.91 Å². The van der Waals surface area contributed by atoms with E-state index in [2.05, 4.69) is 20.4 Å². The van der Waals surface area contributed by atoms with E-state index >= 15 is 0 Å². The number of amides is 1. The van der Waals surface area contributed by atoms with Crippen LogP contribution in [-0.4, -0.2) is 25.7 Å². The Morgan fingerprint density at radius 3 is 2.76 bits per heavy atom. The zero-order valence-electron chi connectivity index (χ0n) is 13.5. The molecule has 0 aliphatic carbocycles. The minimum Gasteiger partial charge on any atom is -0.298 e. The third-order valence-electron chi connectivity index (χ3n) is 3.87. The summed E-state index contributed by atoms with van der Waals surface area (Å²) in [6.45, 7) is 2.64. The van der Waals surface area contributed by atoms with Gasteiger partial charge in [0.05, 0.1) is 16.8 Å². The van der Waals surface area contributed by atoms with E-state index in [4.69, 9.17) is 0 Å². The van der Waals surface area contributed by atoms with Crippen molar-refractivity contribution < 1.29 is 4.79 Å². The molecule has 25 heavy (non-hydrogen) atoms. The first kappa shape index (κ1) is 15.5. The number of nitrogens with one attached hydrogen (secondary N) is 1. The van der Waals surface area contributed by atoms with Crippen molar-refractivity contribution in [3.63, 3.8) is 0 Å². The second-order valence-corrected chi connectivity index (χ2v) is 6.72. The zero-order valence-corrected chi connectivity index (χ0v) is 14.3. The number of benzene rings is 2. The number of carbonyl (C=O) groups excluding carboxylic acids is 1. The monoisotopic (exact) mass is 349 g/mol. The van der Waals surface area contributed by atoms with Gasteiger partial charge in [0.15, 0.2) is 5.13 Å². The van der Waals surface area contributed by atoms with Crippen molar-refractivity contribution in [2.75, 3.05) is 5.32 Å². The SMILES string of the molecule is Cc1cccc2sc(NC(=O)c3ccc(Cn4cncn4)cc3)nc12. The fraction of sp³-hybridized carbons (Fsp3) is 0.111. The average Bonchev–Trinajstić information content (AvgIpc) is 3.25. The Hall–Kier alpha value is -3.06. The number of nitrogens with zero attached hydrogens (tertiary/aromatic N) is 4. The lowest BCUT2D eigenvalue weighted by atomic mass is 10.1. The maximum atomic E-state index is 12.4. The molecule has 2 heterocycles. The summed E-state index contributed by atoms with van der Waals surface area (Å²) in [7, 11) is 0. The lowest BCUT2D eigenvalue weighted by Crippen LogP contribution is -2.11. The fourth-order valence-electron chi connectivity index (χ4n) is 2.57. The maximum absolute atomic E-state index is 12.4. The summed E-state index contributed by atoms with van der Waals surface area (Å²) >= 11 is 1.48. The van der Waals surface area contributed by atoms with Crippen molar-refractivity contribution in [2.45, 2.75) is 13.5 Å². The Morgan fingerprint density at radius 2 is 2.04 bits per heavy atom. The molecule has 0 fully saturated rings. The van der Waals surface area contributed by atoms with Gasteiger partial charge < -0.3 is 0 Å². The Labute approximate surface area is 148 Å². The van der Waals surface area contributed by atoms with E-state index in [0.717, 1.165) is 21.3 Å². The van der Waals surface area contributed by atoms with Crippen LogP contribution in [-0.2, 0) is 6.54 Å². The quantitative estimate of drug-likeness (QED) is 0.612. The second kappa shape index (κ2) is 6.45. The highest BCUT2D eigenvalue weighted by atomic mass is 32.1. The number of aromatic nitrogens is 4. The van der Waals surface area contributed by atoms with Crippen LogP contribution in [0.3, 0.4) is 0 Å². The summed E-state index contributed by atoms with van der Waals surface area (Å²) in [5.41, 5.74) is 3.69. The van der Waals surface area contributed by atoms with E-state index in [1.54, 1.807) is 23.1 Å². The lowest BCUT2D eigenvalue weighted by Gasteiger charge is -2.04. The van der Waals surface area contributed by atoms with Crippen molar-refractivity contribution in [1.29, 1.82) is 0 Å². The van der Waals surface area contributed by atoms with Gasteiger partial charge in [-0.15, -0.1) is 0 Å². The van der Waals surface area contributed by atoms with Crippen molar-refractivity contribution in [2.24, 2.45) is 0 Å². The van der Waals surface area contributed by atoms with E-state index in [9.17, 15) is 4.79 Å². The fourth-order valence-corrected chi connectivity index (χ4v) is 3.51. The Balaban J connectivity index is 1.49. The molecule has 0 saturated heterocycles. The number of aryl methyl sites for hydroxylation is 1. The highest BCUT2D eigenvalue weighted by Gasteiger charge is 2.11. The maximum Gasteiger partial charge on any atom is 0.257 e. The van der Waals surface area contributed by atoms with E-state index in [1.165, 1.54) is 17.7 Å². The molecule has 0 saturated carbocycles. The molecule has 1 amide bonds. The van der Waals surface area contributed by atoms with Gasteiger partial charge in [0.1, 0.15) is 12.7 Å². The molecule has 2 aromatic heterocycles. The van der Waals surface area contributed by atoms with Crippen LogP contribution in [0.4, 0.5) is 5.13 Å². The number of rotatable bonds is 4. The van der Waals surface area contributed by atoms with Gasteiger partial charge in [0.25, 0.3) is 5.91 Å². The van der Waals surface area contributed by atoms with Gasteiger partial charge >= 0.3 is 0 Å². The summed E-state index contributed by atoms with van der Waals surface area (Å²) < 4.78 is 2.80. The minimum absolute atomic E-state index is 0.163. The van der Waals surface area contributed by atoms with Crippen LogP contribution in [0.1, 0.15) is 21.5 Å². The van der Waals surface area contributed by atoms with Crippen molar-refractivity contribution in [1.82, 2.24) is 19.7 Å². The average molecular weight is 349 g/mol. The number of carbonyl (C=O) groups is 1. The number of thiazole rings is 1. The smallest absolute Gasteiger partial charge is 0.257 e. The highest BCUT2D eigenvalue weighted by Crippen LogP contribution is 2.28. The molecule has 0 unspecified atom stereocenters. The molecule has 124 valence electrons. The Kier molecular flexibility index (Phi) is 3.99. The molecular weight excluding hydrogens is 334 g/mol. The number of hydrogen-bond acceptors (Lipinski definition) is 5. The van der Waals surface area contributed by atoms with Crippen LogP contribution >= 0.6 is 11.3 Å². The molecule has 0 radical (unpaired) electrons. The van der Waals surface area contributed by atoms with Crippen LogP contribution in [0.15, 0.2) is 55.1 Å². The largest absolute Gasteiger partial charge is 0.298 e. The summed E-state index contributed by atoms with van der Waals surface area (Å²) in [6.07, 6.45) is 3.16. The number of hydrogen-bond donors (Lipinski definition) is 1. The molecule has 0 aliphatic rings. The van der Waals surface area contributed by atoms with Crippen LogP contribution in [0.2, 0.25) is 0 Å². The molecule has 4 rings (SSSR count). The van der Waals surface area contributed by atoms with E-state index in [0.29, 0.717) is 17.2 Å². The zero-order chi connectivity index (χ0) is 17.2. The molecule has 4 aromatic rings. The predicted molar refractivity (Wildman–Crippen MR) is 97.9 cm³/mol. The topological polar surface area (TPSA) is 72.7 Å². The highest BCUT2D eigenvalue weighted by molar-refractivity contribution is 7.22. The summed E-state index contributed by atoms with van der Waals surface area (Å²) in [6, 6.07) is 13.5. The van der Waals surface area contributed by atoms with Crippen LogP contribution < -0.4 is 5.32 Å². The van der Waals surface area contributed by atoms with Crippen LogP contribution in [0.25, 0.3) is 10.2 Å². The van der Waals surface area contributed by atoms with Gasteiger partial charge in [-0.2, -0.15) is 5.10 Å². The first-order chi connectivity index (χ1) is 12.2. The molecular formula is C18H15N5OS. The van der Waals surface area contributed by atoms with Crippen molar-refractivity contribution in [3.05, 3.63) is 71.8 Å². The number of anilines is 1. The van der Waals surface area contributed by atoms with Gasteiger partial charge in [-0.1, -0.05) is 35.6 Å². The first-order valence-electron chi connectivity index (χ1n) is 7.78. The van der Waals surface area contributed by atoms with E-state index in [1.807, 2.05) is 37.3 Å². The predicted octanol–water partition coefficient (Wildman–Crippen LogP) is 3.50. The molecule has 0 atom stereocenters. The van der Waals surface area contributed by atoms with Gasteiger partial charge in [-0.05, 0) is 36.2 Å². The van der Waals surface area contributed by atoms with Gasteiger partial charge in [-0.3, -0.25) is 10.1 Å². The molecule has 6 nitrogen and oxygen atoms in total. The third kappa shape index (κ3) is 3.27. The summed E-state index contributed by atoms with van der Waals surface area (Å²) in [5.74, 6) is -0.163. The van der Waals surface area contributed by atoms with Gasteiger partial charge in [-0.25, -0.2) is 14.6 Å². The Morgan fingerprint density at radius 1 is 1.20 bits per heavy atom. The first-order valence-corrected chi connectivity index (χ1v) is 8.59. The van der Waals surface area contributed by atoms with Crippen LogP contribution in [0.5, 0.6) is 0 Å². The normalized spacial score (nSPS) is 10.9. The van der Waals surface area contributed by atoms with Crippen molar-refractivity contribution >= 4 is 32.6 Å². The molecule has 1 N–H and O–H groups in total. The van der Waals surface area contributed by atoms with Gasteiger partial charge in [0.2, 0.25) is 0 Å². The molecule has 0 bridgehead atoms. The van der Waals surface area contributed by atoms with Crippen LogP contribution in [0, 0.1) is 6.92 Å². The van der Waals surface area contributed by atoms with Crippen molar-refractivity contribution in [3.8, 4) is 0 Å². The number of fused-ring (bicyclic) bond motifs is 1. The summed E-state index contributed by atoms with van der Waals surface area (Å²) in [4.78, 5) is 20.9. The van der Waals surface area contributed by atoms with E-state index < -0.39 is 0 Å². The van der Waals surface area contributed by atoms with Gasteiger partial charge in [0, 0.05) is 5.56 Å². The lowest BCUT2D eigenvalue weighted by molar-refractivity contribution is 0.102. The minimum atomic E-state index is -0.163. The summed E-state index contributed by atoms with van der Waals surface area (Å²) in [5, 5.41) is 7.56. The molecule has 0 spiro atoms. The third-order valence-corrected chi connectivity index (χ3v) is 4.80. The Bertz CT molecular complexity index is 1020. The molecule has 7 heteroatoms.